The molecule has 0 saturated carbocycles. The molecule has 0 radical (unpaired) electrons. The lowest BCUT2D eigenvalue weighted by atomic mass is 9.98. The lowest BCUT2D eigenvalue weighted by molar-refractivity contribution is -0.132. The molecule has 7 heteroatoms. The first-order valence-corrected chi connectivity index (χ1v) is 9.45. The summed E-state index contributed by atoms with van der Waals surface area (Å²) in [6.07, 6.45) is 5.07. The number of nitrogens with zero attached hydrogens (tertiary/aromatic N) is 3. The van der Waals surface area contributed by atoms with Crippen LogP contribution in [0.5, 0.6) is 0 Å². The van der Waals surface area contributed by atoms with Crippen LogP contribution in [0.25, 0.3) is 0 Å². The average molecular weight is 368 g/mol. The first-order valence-electron chi connectivity index (χ1n) is 8.63. The molecule has 1 fully saturated rings. The number of carboxylic acid groups (broad SMARTS) is 1. The highest BCUT2D eigenvalue weighted by Crippen LogP contribution is 2.42. The molecule has 0 bridgehead atoms. The van der Waals surface area contributed by atoms with Gasteiger partial charge < -0.3 is 10.4 Å². The summed E-state index contributed by atoms with van der Waals surface area (Å²) in [6.45, 7) is 4.37. The Bertz CT molecular complexity index is 887. The van der Waals surface area contributed by atoms with E-state index in [1.54, 1.807) is 31.1 Å². The van der Waals surface area contributed by atoms with E-state index in [9.17, 15) is 4.79 Å². The van der Waals surface area contributed by atoms with Crippen LogP contribution in [-0.2, 0) is 11.3 Å². The number of likely N-dealkylation sites (tertiary alicyclic amines) is 1. The van der Waals surface area contributed by atoms with Gasteiger partial charge in [0, 0.05) is 42.5 Å². The van der Waals surface area contributed by atoms with Crippen LogP contribution < -0.4 is 5.32 Å². The average Bonchev–Trinajstić information content (AvgIpc) is 2.66. The van der Waals surface area contributed by atoms with E-state index in [4.69, 9.17) is 5.11 Å². The van der Waals surface area contributed by atoms with E-state index < -0.39 is 5.97 Å². The zero-order valence-corrected chi connectivity index (χ0v) is 15.3. The van der Waals surface area contributed by atoms with Gasteiger partial charge in [0.05, 0.1) is 5.69 Å². The largest absolute Gasteiger partial charge is 0.478 e. The zero-order valence-electron chi connectivity index (χ0n) is 14.5. The quantitative estimate of drug-likeness (QED) is 0.683. The molecule has 1 aromatic carbocycles. The predicted octanol–water partition coefficient (Wildman–Crippen LogP) is 3.68. The van der Waals surface area contributed by atoms with E-state index in [1.807, 2.05) is 0 Å². The second kappa shape index (κ2) is 7.09. The molecule has 1 aromatic heterocycles. The second-order valence-corrected chi connectivity index (χ2v) is 7.61. The predicted molar refractivity (Wildman–Crippen MR) is 101 cm³/mol. The van der Waals surface area contributed by atoms with E-state index in [-0.39, 0.29) is 0 Å². The standard InChI is InChI=1S/C19H20N4O2S/c1-12(19(24)25)14-4-8-23(9-5-14)11-13-2-3-16-15(10-13)22-17-18(26-16)21-7-6-20-17/h2-3,6-7,10H,4-5,8-9,11H2,1H3,(H,20,22)(H,24,25). The lowest BCUT2D eigenvalue weighted by Crippen LogP contribution is -2.31. The molecule has 26 heavy (non-hydrogen) atoms. The Kier molecular flexibility index (Phi) is 4.65. The number of carbonyl (C=O) groups is 1. The highest BCUT2D eigenvalue weighted by Gasteiger charge is 2.20. The van der Waals surface area contributed by atoms with E-state index >= 15 is 0 Å². The summed E-state index contributed by atoms with van der Waals surface area (Å²) in [6, 6.07) is 6.46. The fraction of sp³-hybridized carbons (Fsp3) is 0.316. The van der Waals surface area contributed by atoms with Crippen molar-refractivity contribution < 1.29 is 9.90 Å². The molecule has 2 N–H and O–H groups in total. The highest BCUT2D eigenvalue weighted by atomic mass is 32.2. The summed E-state index contributed by atoms with van der Waals surface area (Å²) in [5.41, 5.74) is 3.90. The van der Waals surface area contributed by atoms with Crippen LogP contribution in [0.15, 0.2) is 51.7 Å². The molecule has 0 amide bonds. The third-order valence-electron chi connectivity index (χ3n) is 4.89. The maximum absolute atomic E-state index is 11.1. The number of aliphatic carboxylic acids is 1. The minimum absolute atomic E-state index is 0.513. The summed E-state index contributed by atoms with van der Waals surface area (Å²) in [5.74, 6) is 0.00846. The molecule has 0 spiro atoms. The second-order valence-electron chi connectivity index (χ2n) is 6.58. The number of carboxylic acids is 1. The fourth-order valence-corrected chi connectivity index (χ4v) is 4.22. The van der Waals surface area contributed by atoms with E-state index in [1.165, 1.54) is 5.56 Å². The monoisotopic (exact) mass is 368 g/mol. The number of benzene rings is 1. The van der Waals surface area contributed by atoms with Gasteiger partial charge in [0.2, 0.25) is 0 Å². The molecule has 1 saturated heterocycles. The minimum atomic E-state index is -0.796. The van der Waals surface area contributed by atoms with E-state index in [0.717, 1.165) is 59.5 Å². The lowest BCUT2D eigenvalue weighted by Gasteiger charge is -2.29. The summed E-state index contributed by atoms with van der Waals surface area (Å²) in [5, 5.41) is 13.4. The van der Waals surface area contributed by atoms with Gasteiger partial charge in [-0.1, -0.05) is 23.4 Å². The molecule has 2 aliphatic heterocycles. The number of aromatic nitrogens is 2. The molecule has 4 rings (SSSR count). The number of fused-ring (bicyclic) bond motifs is 2. The number of nitrogens with one attached hydrogen (secondary N) is 1. The number of hydrogen-bond donors (Lipinski definition) is 2. The molecule has 0 aliphatic carbocycles. The first kappa shape index (κ1) is 17.1. The maximum Gasteiger partial charge on any atom is 0.331 e. The van der Waals surface area contributed by atoms with Gasteiger partial charge >= 0.3 is 5.97 Å². The van der Waals surface area contributed by atoms with Crippen LogP contribution in [0.1, 0.15) is 25.3 Å². The van der Waals surface area contributed by atoms with Crippen molar-refractivity contribution >= 4 is 29.2 Å². The first-order chi connectivity index (χ1) is 12.6. The zero-order chi connectivity index (χ0) is 18.1. The van der Waals surface area contributed by atoms with Crippen LogP contribution in [0.2, 0.25) is 0 Å². The topological polar surface area (TPSA) is 78.4 Å². The molecule has 6 nitrogen and oxygen atoms in total. The minimum Gasteiger partial charge on any atom is -0.478 e. The van der Waals surface area contributed by atoms with Gasteiger partial charge in [-0.25, -0.2) is 14.8 Å². The SMILES string of the molecule is CC(C(=O)O)=C1CCN(Cc2ccc3c(c2)Nc2nccnc2S3)CC1. The molecule has 2 aromatic rings. The highest BCUT2D eigenvalue weighted by molar-refractivity contribution is 7.99. The molecule has 0 atom stereocenters. The van der Waals surface area contributed by atoms with Crippen molar-refractivity contribution in [1.82, 2.24) is 14.9 Å². The normalized spacial score (nSPS) is 16.4. The van der Waals surface area contributed by atoms with Gasteiger partial charge in [0.1, 0.15) is 5.03 Å². The van der Waals surface area contributed by atoms with Crippen molar-refractivity contribution in [2.45, 2.75) is 36.2 Å². The molecule has 2 aliphatic rings. The summed E-state index contributed by atoms with van der Waals surface area (Å²) >= 11 is 1.63. The Morgan fingerprint density at radius 3 is 2.81 bits per heavy atom. The molecular weight excluding hydrogens is 348 g/mol. The van der Waals surface area contributed by atoms with Crippen LogP contribution >= 0.6 is 11.8 Å². The number of piperidine rings is 1. The molecule has 3 heterocycles. The summed E-state index contributed by atoms with van der Waals surface area (Å²) in [7, 11) is 0. The summed E-state index contributed by atoms with van der Waals surface area (Å²) in [4.78, 5) is 23.3. The number of rotatable bonds is 3. The Labute approximate surface area is 156 Å². The Morgan fingerprint density at radius 2 is 2.04 bits per heavy atom. The smallest absolute Gasteiger partial charge is 0.331 e. The van der Waals surface area contributed by atoms with Gasteiger partial charge in [0.15, 0.2) is 5.82 Å². The van der Waals surface area contributed by atoms with Gasteiger partial charge in [-0.2, -0.15) is 0 Å². The van der Waals surface area contributed by atoms with Crippen LogP contribution in [0.4, 0.5) is 11.5 Å². The van der Waals surface area contributed by atoms with Crippen molar-refractivity contribution in [3.8, 4) is 0 Å². The third kappa shape index (κ3) is 3.45. The number of hydrogen-bond acceptors (Lipinski definition) is 6. The Balaban J connectivity index is 1.43. The van der Waals surface area contributed by atoms with Crippen LogP contribution in [-0.4, -0.2) is 39.0 Å². The van der Waals surface area contributed by atoms with Gasteiger partial charge in [0.25, 0.3) is 0 Å². The Hall–Kier alpha value is -2.38. The number of anilines is 2. The van der Waals surface area contributed by atoms with Crippen molar-refractivity contribution in [2.24, 2.45) is 0 Å². The van der Waals surface area contributed by atoms with Crippen LogP contribution in [0, 0.1) is 0 Å². The maximum atomic E-state index is 11.1. The van der Waals surface area contributed by atoms with Crippen LogP contribution in [0.3, 0.4) is 0 Å². The fourth-order valence-electron chi connectivity index (χ4n) is 3.35. The van der Waals surface area contributed by atoms with Gasteiger partial charge in [-0.3, -0.25) is 4.90 Å². The van der Waals surface area contributed by atoms with Gasteiger partial charge in [-0.15, -0.1) is 0 Å². The van der Waals surface area contributed by atoms with Gasteiger partial charge in [-0.05, 0) is 37.5 Å². The summed E-state index contributed by atoms with van der Waals surface area (Å²) < 4.78 is 0. The van der Waals surface area contributed by atoms with E-state index in [0.29, 0.717) is 5.57 Å². The molecular formula is C19H20N4O2S. The van der Waals surface area contributed by atoms with Crippen molar-refractivity contribution in [3.63, 3.8) is 0 Å². The molecule has 0 unspecified atom stereocenters. The van der Waals surface area contributed by atoms with E-state index in [2.05, 4.69) is 38.4 Å². The Morgan fingerprint density at radius 1 is 1.27 bits per heavy atom. The molecule has 134 valence electrons. The van der Waals surface area contributed by atoms with Crippen molar-refractivity contribution in [3.05, 3.63) is 47.3 Å². The van der Waals surface area contributed by atoms with Crippen molar-refractivity contribution in [1.29, 1.82) is 0 Å². The third-order valence-corrected chi connectivity index (χ3v) is 5.95. The van der Waals surface area contributed by atoms with Crippen molar-refractivity contribution in [2.75, 3.05) is 18.4 Å².